The van der Waals surface area contributed by atoms with Crippen LogP contribution in [0.1, 0.15) is 36.0 Å². The third-order valence-electron chi connectivity index (χ3n) is 5.63. The lowest BCUT2D eigenvalue weighted by atomic mass is 9.93. The molecule has 0 N–H and O–H groups in total. The Labute approximate surface area is 167 Å². The second-order valence-corrected chi connectivity index (χ2v) is 7.61. The second kappa shape index (κ2) is 7.93. The van der Waals surface area contributed by atoms with Gasteiger partial charge in [-0.05, 0) is 42.9 Å². The summed E-state index contributed by atoms with van der Waals surface area (Å²) in [5, 5.41) is 0. The lowest BCUT2D eigenvalue weighted by molar-refractivity contribution is -0.138. The van der Waals surface area contributed by atoms with Gasteiger partial charge in [0.1, 0.15) is 6.61 Å². The van der Waals surface area contributed by atoms with Crippen LogP contribution in [-0.2, 0) is 23.9 Å². The number of carbonyl (C=O) groups is 1. The van der Waals surface area contributed by atoms with Gasteiger partial charge in [0.25, 0.3) is 0 Å². The molecule has 1 fully saturated rings. The van der Waals surface area contributed by atoms with Crippen LogP contribution in [0.4, 0.5) is 18.0 Å². The molecule has 0 aromatic heterocycles. The number of fused-ring (bicyclic) bond motifs is 2. The molecule has 2 aromatic carbocycles. The Morgan fingerprint density at radius 1 is 1.03 bits per heavy atom. The third kappa shape index (κ3) is 4.31. The lowest BCUT2D eigenvalue weighted by Gasteiger charge is -2.33. The van der Waals surface area contributed by atoms with E-state index >= 15 is 0 Å². The first-order chi connectivity index (χ1) is 13.9. The molecule has 1 amide bonds. The van der Waals surface area contributed by atoms with Crippen molar-refractivity contribution in [1.82, 2.24) is 4.90 Å². The molecule has 3 nitrogen and oxygen atoms in total. The summed E-state index contributed by atoms with van der Waals surface area (Å²) in [6, 6.07) is 15.1. The number of amides is 1. The summed E-state index contributed by atoms with van der Waals surface area (Å²) in [7, 11) is 0. The van der Waals surface area contributed by atoms with E-state index in [1.165, 1.54) is 12.1 Å². The molecule has 0 aliphatic carbocycles. The number of rotatable bonds is 4. The molecule has 2 aliphatic heterocycles. The van der Waals surface area contributed by atoms with Crippen LogP contribution < -0.4 is 0 Å². The summed E-state index contributed by atoms with van der Waals surface area (Å²) < 4.78 is 45.3. The van der Waals surface area contributed by atoms with Crippen molar-refractivity contribution in [2.75, 3.05) is 0 Å². The van der Waals surface area contributed by atoms with E-state index in [9.17, 15) is 18.0 Å². The number of nitrogens with zero attached hydrogens (tertiary/aromatic N) is 1. The smallest absolute Gasteiger partial charge is 0.416 e. The molecular weight excluding hydrogens is 379 g/mol. The van der Waals surface area contributed by atoms with Crippen LogP contribution >= 0.6 is 0 Å². The number of carbonyl (C=O) groups excluding carboxylic acids is 1. The Morgan fingerprint density at radius 3 is 2.48 bits per heavy atom. The van der Waals surface area contributed by atoms with Crippen LogP contribution in [0.5, 0.6) is 0 Å². The summed E-state index contributed by atoms with van der Waals surface area (Å²) in [6.45, 7) is 0.213. The van der Waals surface area contributed by atoms with Crippen molar-refractivity contribution >= 4 is 6.09 Å². The van der Waals surface area contributed by atoms with Gasteiger partial charge in [0.2, 0.25) is 0 Å². The molecule has 6 heteroatoms. The fraction of sp³-hybridized carbons (Fsp3) is 0.348. The zero-order valence-corrected chi connectivity index (χ0v) is 15.9. The molecule has 2 aromatic rings. The molecule has 29 heavy (non-hydrogen) atoms. The Hall–Kier alpha value is -2.76. The van der Waals surface area contributed by atoms with Gasteiger partial charge in [0.15, 0.2) is 0 Å². The zero-order chi connectivity index (χ0) is 20.4. The van der Waals surface area contributed by atoms with E-state index in [1.54, 1.807) is 11.0 Å². The van der Waals surface area contributed by atoms with Crippen LogP contribution in [0.3, 0.4) is 0 Å². The molecule has 0 saturated carbocycles. The average Bonchev–Trinajstić information content (AvgIpc) is 2.97. The average molecular weight is 401 g/mol. The van der Waals surface area contributed by atoms with Crippen molar-refractivity contribution in [3.63, 3.8) is 0 Å². The largest absolute Gasteiger partial charge is 0.445 e. The molecule has 0 radical (unpaired) electrons. The molecule has 2 unspecified atom stereocenters. The van der Waals surface area contributed by atoms with Gasteiger partial charge < -0.3 is 4.74 Å². The number of benzene rings is 2. The van der Waals surface area contributed by atoms with Gasteiger partial charge in [-0.3, -0.25) is 4.90 Å². The standard InChI is InChI=1S/C23H22F3NO2/c24-23(25,26)21-9-5-4-8-18(21)12-17-13-19-10-11-20(14-17)27(19)22(28)29-15-16-6-2-1-3-7-16/h1-9,13,19-20H,10-12,14-15H2. The molecule has 0 spiro atoms. The van der Waals surface area contributed by atoms with Crippen molar-refractivity contribution in [3.05, 3.63) is 82.9 Å². The Kier molecular flexibility index (Phi) is 5.35. The van der Waals surface area contributed by atoms with Gasteiger partial charge in [-0.2, -0.15) is 13.2 Å². The van der Waals surface area contributed by atoms with Gasteiger partial charge in [0.05, 0.1) is 11.6 Å². The molecule has 2 bridgehead atoms. The Balaban J connectivity index is 1.45. The van der Waals surface area contributed by atoms with Gasteiger partial charge in [0, 0.05) is 6.04 Å². The molecule has 2 atom stereocenters. The van der Waals surface area contributed by atoms with Gasteiger partial charge in [-0.25, -0.2) is 4.79 Å². The summed E-state index contributed by atoms with van der Waals surface area (Å²) in [5.41, 5.74) is 1.58. The Morgan fingerprint density at radius 2 is 1.76 bits per heavy atom. The molecule has 4 rings (SSSR count). The zero-order valence-electron chi connectivity index (χ0n) is 15.9. The first-order valence-corrected chi connectivity index (χ1v) is 9.75. The van der Waals surface area contributed by atoms with Gasteiger partial charge >= 0.3 is 12.3 Å². The fourth-order valence-electron chi connectivity index (χ4n) is 4.32. The van der Waals surface area contributed by atoms with Gasteiger partial charge in [-0.1, -0.05) is 60.2 Å². The highest BCUT2D eigenvalue weighted by Crippen LogP contribution is 2.38. The number of ether oxygens (including phenoxy) is 1. The predicted molar refractivity (Wildman–Crippen MR) is 103 cm³/mol. The normalized spacial score (nSPS) is 21.1. The molecule has 2 heterocycles. The van der Waals surface area contributed by atoms with Crippen LogP contribution in [0, 0.1) is 0 Å². The highest BCUT2D eigenvalue weighted by molar-refractivity contribution is 5.70. The van der Waals surface area contributed by atoms with Crippen LogP contribution in [0.2, 0.25) is 0 Å². The minimum atomic E-state index is -4.36. The highest BCUT2D eigenvalue weighted by atomic mass is 19.4. The van der Waals surface area contributed by atoms with E-state index in [4.69, 9.17) is 4.74 Å². The SMILES string of the molecule is O=C(OCc1ccccc1)N1C2C=C(Cc3ccccc3C(F)(F)F)CC1CC2. The Bertz CT molecular complexity index is 908. The van der Waals surface area contributed by atoms with E-state index in [2.05, 4.69) is 0 Å². The predicted octanol–water partition coefficient (Wildman–Crippen LogP) is 5.75. The first kappa shape index (κ1) is 19.6. The minimum Gasteiger partial charge on any atom is -0.445 e. The van der Waals surface area contributed by atoms with E-state index in [-0.39, 0.29) is 36.8 Å². The van der Waals surface area contributed by atoms with E-state index < -0.39 is 11.7 Å². The minimum absolute atomic E-state index is 0.0127. The maximum absolute atomic E-state index is 13.3. The van der Waals surface area contributed by atoms with Crippen LogP contribution in [0.25, 0.3) is 0 Å². The van der Waals surface area contributed by atoms with Crippen molar-refractivity contribution in [2.45, 2.75) is 50.6 Å². The number of hydrogen-bond donors (Lipinski definition) is 0. The molecule has 2 aliphatic rings. The number of alkyl halides is 3. The number of halogens is 3. The summed E-state index contributed by atoms with van der Waals surface area (Å²) in [5.74, 6) is 0. The maximum atomic E-state index is 13.3. The van der Waals surface area contributed by atoms with E-state index in [0.29, 0.717) is 6.42 Å². The summed E-state index contributed by atoms with van der Waals surface area (Å²) in [6.07, 6.45) is -0.258. The van der Waals surface area contributed by atoms with Crippen molar-refractivity contribution in [1.29, 1.82) is 0 Å². The highest BCUT2D eigenvalue weighted by Gasteiger charge is 2.41. The quantitative estimate of drug-likeness (QED) is 0.611. The molecule has 152 valence electrons. The molecular formula is C23H22F3NO2. The second-order valence-electron chi connectivity index (χ2n) is 7.61. The fourth-order valence-corrected chi connectivity index (χ4v) is 4.32. The molecule has 1 saturated heterocycles. The van der Waals surface area contributed by atoms with E-state index in [0.717, 1.165) is 30.0 Å². The van der Waals surface area contributed by atoms with E-state index in [1.807, 2.05) is 36.4 Å². The monoisotopic (exact) mass is 401 g/mol. The number of hydrogen-bond acceptors (Lipinski definition) is 2. The van der Waals surface area contributed by atoms with Crippen molar-refractivity contribution < 1.29 is 22.7 Å². The van der Waals surface area contributed by atoms with Gasteiger partial charge in [-0.15, -0.1) is 0 Å². The summed E-state index contributed by atoms with van der Waals surface area (Å²) >= 11 is 0. The van der Waals surface area contributed by atoms with Crippen LogP contribution in [-0.4, -0.2) is 23.1 Å². The van der Waals surface area contributed by atoms with Crippen LogP contribution in [0.15, 0.2) is 66.2 Å². The maximum Gasteiger partial charge on any atom is 0.416 e. The summed E-state index contributed by atoms with van der Waals surface area (Å²) in [4.78, 5) is 14.4. The third-order valence-corrected chi connectivity index (χ3v) is 5.63. The first-order valence-electron chi connectivity index (χ1n) is 9.75. The van der Waals surface area contributed by atoms with Crippen molar-refractivity contribution in [3.8, 4) is 0 Å². The lowest BCUT2D eigenvalue weighted by Crippen LogP contribution is -2.43. The van der Waals surface area contributed by atoms with Crippen molar-refractivity contribution in [2.24, 2.45) is 0 Å². The topological polar surface area (TPSA) is 29.5 Å².